The molecule has 0 heterocycles. The van der Waals surface area contributed by atoms with Gasteiger partial charge in [-0.15, -0.1) is 0 Å². The van der Waals surface area contributed by atoms with Crippen LogP contribution in [0.3, 0.4) is 0 Å². The molecule has 0 aromatic carbocycles. The van der Waals surface area contributed by atoms with E-state index < -0.39 is 23.0 Å². The van der Waals surface area contributed by atoms with Crippen molar-refractivity contribution in [2.75, 3.05) is 20.3 Å². The van der Waals surface area contributed by atoms with Crippen LogP contribution in [0, 0.1) is 0 Å². The van der Waals surface area contributed by atoms with Crippen molar-refractivity contribution >= 4 is 11.9 Å². The number of esters is 2. The molecule has 0 atom stereocenters. The van der Waals surface area contributed by atoms with Crippen molar-refractivity contribution in [1.29, 1.82) is 0 Å². The fourth-order valence-corrected chi connectivity index (χ4v) is 0.915. The lowest BCUT2D eigenvalue weighted by molar-refractivity contribution is -0.306. The van der Waals surface area contributed by atoms with E-state index in [1.807, 2.05) is 0 Å². The van der Waals surface area contributed by atoms with Crippen molar-refractivity contribution in [3.8, 4) is 0 Å². The first-order valence-electron chi connectivity index (χ1n) is 4.48. The number of rotatable bonds is 6. The van der Waals surface area contributed by atoms with Crippen LogP contribution < -0.4 is 0 Å². The molecule has 0 aliphatic carbocycles. The molecular weight excluding hydrogens is 228 g/mol. The maximum absolute atomic E-state index is 12.6. The molecule has 16 heavy (non-hydrogen) atoms. The summed E-state index contributed by atoms with van der Waals surface area (Å²) in [6.07, 6.45) is 0. The molecule has 0 spiro atoms. The fourth-order valence-electron chi connectivity index (χ4n) is 0.915. The van der Waals surface area contributed by atoms with Crippen molar-refractivity contribution in [1.82, 2.24) is 5.34 Å². The predicted molar refractivity (Wildman–Crippen MR) is 47.1 cm³/mol. The number of methoxy groups -OCH3 is 1. The zero-order valence-corrected chi connectivity index (χ0v) is 9.16. The SMILES string of the molecule is CCOC(=O)C(OC)(C(=O)OCC)N(F)F. The molecule has 0 saturated heterocycles. The van der Waals surface area contributed by atoms with Gasteiger partial charge in [-0.2, -0.15) is 0 Å². The van der Waals surface area contributed by atoms with Crippen LogP contribution in [0.4, 0.5) is 8.96 Å². The summed E-state index contributed by atoms with van der Waals surface area (Å²) < 4.78 is 38.2. The van der Waals surface area contributed by atoms with Gasteiger partial charge in [-0.1, -0.05) is 8.96 Å². The van der Waals surface area contributed by atoms with Gasteiger partial charge in [0.1, 0.15) is 0 Å². The first kappa shape index (κ1) is 14.7. The second-order valence-corrected chi connectivity index (χ2v) is 2.52. The highest BCUT2D eigenvalue weighted by atomic mass is 19.4. The lowest BCUT2D eigenvalue weighted by Gasteiger charge is -2.26. The summed E-state index contributed by atoms with van der Waals surface area (Å²) in [6, 6.07) is 0. The molecule has 0 N–H and O–H groups in total. The Balaban J connectivity index is 5.14. The summed E-state index contributed by atoms with van der Waals surface area (Å²) in [4.78, 5) is 22.6. The van der Waals surface area contributed by atoms with Crippen LogP contribution in [-0.4, -0.2) is 43.3 Å². The van der Waals surface area contributed by atoms with E-state index in [1.54, 1.807) is 0 Å². The third kappa shape index (κ3) is 2.64. The maximum atomic E-state index is 12.6. The summed E-state index contributed by atoms with van der Waals surface area (Å²) >= 11 is 0. The monoisotopic (exact) mass is 241 g/mol. The van der Waals surface area contributed by atoms with Crippen LogP contribution in [0.1, 0.15) is 13.8 Å². The van der Waals surface area contributed by atoms with Gasteiger partial charge in [0.05, 0.1) is 18.6 Å². The van der Waals surface area contributed by atoms with E-state index in [-0.39, 0.29) is 13.2 Å². The van der Waals surface area contributed by atoms with Gasteiger partial charge in [0.25, 0.3) is 0 Å². The molecule has 0 bridgehead atoms. The normalized spacial score (nSPS) is 11.4. The minimum absolute atomic E-state index is 0.169. The Morgan fingerprint density at radius 1 is 1.12 bits per heavy atom. The molecule has 0 aliphatic heterocycles. The molecule has 0 aromatic rings. The number of carbonyl (C=O) groups excluding carboxylic acids is 2. The zero-order chi connectivity index (χ0) is 12.8. The van der Waals surface area contributed by atoms with Crippen molar-refractivity contribution in [3.63, 3.8) is 0 Å². The molecule has 0 aromatic heterocycles. The number of ether oxygens (including phenoxy) is 3. The van der Waals surface area contributed by atoms with E-state index >= 15 is 0 Å². The molecule has 0 unspecified atom stereocenters. The predicted octanol–water partition coefficient (Wildman–Crippen LogP) is 0.526. The minimum Gasteiger partial charge on any atom is -0.462 e. The highest BCUT2D eigenvalue weighted by Gasteiger charge is 2.58. The van der Waals surface area contributed by atoms with Crippen molar-refractivity contribution < 1.29 is 32.8 Å². The lowest BCUT2D eigenvalue weighted by atomic mass is 10.2. The Morgan fingerprint density at radius 2 is 1.50 bits per heavy atom. The van der Waals surface area contributed by atoms with Gasteiger partial charge in [-0.25, -0.2) is 9.59 Å². The van der Waals surface area contributed by atoms with E-state index in [4.69, 9.17) is 0 Å². The maximum Gasteiger partial charge on any atom is 0.376 e. The highest BCUT2D eigenvalue weighted by Crippen LogP contribution is 2.22. The number of hydrogen-bond donors (Lipinski definition) is 0. The Kier molecular flexibility index (Phi) is 5.83. The third-order valence-electron chi connectivity index (χ3n) is 1.64. The molecule has 0 rings (SSSR count). The summed E-state index contributed by atoms with van der Waals surface area (Å²) in [5.74, 6) is -3.05. The molecule has 0 aliphatic rings. The Bertz CT molecular complexity index is 241. The molecule has 0 amide bonds. The zero-order valence-electron chi connectivity index (χ0n) is 9.16. The van der Waals surface area contributed by atoms with Crippen molar-refractivity contribution in [3.05, 3.63) is 0 Å². The van der Waals surface area contributed by atoms with Gasteiger partial charge in [0, 0.05) is 7.11 Å². The molecular formula is C8H13F2NO5. The van der Waals surface area contributed by atoms with Crippen LogP contribution in [0.5, 0.6) is 0 Å². The average molecular weight is 241 g/mol. The van der Waals surface area contributed by atoms with Gasteiger partial charge in [-0.3, -0.25) is 0 Å². The van der Waals surface area contributed by atoms with Crippen LogP contribution in [0.15, 0.2) is 0 Å². The van der Waals surface area contributed by atoms with Gasteiger partial charge in [-0.05, 0) is 13.8 Å². The molecule has 8 heteroatoms. The van der Waals surface area contributed by atoms with Crippen LogP contribution in [0.25, 0.3) is 0 Å². The molecule has 0 saturated carbocycles. The van der Waals surface area contributed by atoms with Crippen molar-refractivity contribution in [2.45, 2.75) is 19.6 Å². The number of nitrogens with zero attached hydrogens (tertiary/aromatic N) is 1. The number of halogens is 2. The quantitative estimate of drug-likeness (QED) is 0.292. The second kappa shape index (κ2) is 6.33. The molecule has 94 valence electrons. The smallest absolute Gasteiger partial charge is 0.376 e. The lowest BCUT2D eigenvalue weighted by Crippen LogP contribution is -2.57. The number of carbonyl (C=O) groups is 2. The summed E-state index contributed by atoms with van der Waals surface area (Å²) in [5, 5.41) is -1.68. The van der Waals surface area contributed by atoms with E-state index in [1.165, 1.54) is 13.8 Å². The Hall–Kier alpha value is -1.28. The topological polar surface area (TPSA) is 65.1 Å². The summed E-state index contributed by atoms with van der Waals surface area (Å²) in [7, 11) is 0.778. The van der Waals surface area contributed by atoms with Crippen LogP contribution in [-0.2, 0) is 23.8 Å². The van der Waals surface area contributed by atoms with E-state index in [0.717, 1.165) is 7.11 Å². The fraction of sp³-hybridized carbons (Fsp3) is 0.750. The van der Waals surface area contributed by atoms with E-state index in [0.29, 0.717) is 0 Å². The van der Waals surface area contributed by atoms with Crippen LogP contribution in [0.2, 0.25) is 0 Å². The third-order valence-corrected chi connectivity index (χ3v) is 1.64. The van der Waals surface area contributed by atoms with Crippen LogP contribution >= 0.6 is 0 Å². The second-order valence-electron chi connectivity index (χ2n) is 2.52. The Morgan fingerprint density at radius 3 is 1.69 bits per heavy atom. The van der Waals surface area contributed by atoms with Crippen molar-refractivity contribution in [2.24, 2.45) is 0 Å². The highest BCUT2D eigenvalue weighted by molar-refractivity contribution is 6.02. The van der Waals surface area contributed by atoms with Gasteiger partial charge < -0.3 is 14.2 Å². The first-order chi connectivity index (χ1) is 7.47. The largest absolute Gasteiger partial charge is 0.462 e. The summed E-state index contributed by atoms with van der Waals surface area (Å²) in [6.45, 7) is 2.48. The Labute approximate surface area is 90.9 Å². The molecule has 6 nitrogen and oxygen atoms in total. The van der Waals surface area contributed by atoms with E-state index in [2.05, 4.69) is 14.2 Å². The van der Waals surface area contributed by atoms with Gasteiger partial charge in [0.2, 0.25) is 0 Å². The molecule has 0 radical (unpaired) electrons. The minimum atomic E-state index is -3.16. The molecule has 0 fully saturated rings. The standard InChI is InChI=1S/C8H13F2NO5/c1-4-15-6(12)8(14-3,11(9)10)7(13)16-5-2/h4-5H2,1-3H3. The average Bonchev–Trinajstić information content (AvgIpc) is 2.19. The van der Waals surface area contributed by atoms with Gasteiger partial charge in [0.15, 0.2) is 0 Å². The first-order valence-corrected chi connectivity index (χ1v) is 4.48. The number of hydrogen-bond acceptors (Lipinski definition) is 6. The summed E-state index contributed by atoms with van der Waals surface area (Å²) in [5.41, 5.74) is -3.16. The van der Waals surface area contributed by atoms with E-state index in [9.17, 15) is 18.6 Å². The van der Waals surface area contributed by atoms with Gasteiger partial charge >= 0.3 is 17.7 Å².